The summed E-state index contributed by atoms with van der Waals surface area (Å²) in [5, 5.41) is 7.30. The van der Waals surface area contributed by atoms with Gasteiger partial charge in [-0.05, 0) is 69.9 Å². The van der Waals surface area contributed by atoms with E-state index < -0.39 is 0 Å². The summed E-state index contributed by atoms with van der Waals surface area (Å²) in [6, 6.07) is 14.8. The zero-order chi connectivity index (χ0) is 22.9. The lowest BCUT2D eigenvalue weighted by molar-refractivity contribution is -0.108. The molecule has 0 saturated carbocycles. The Morgan fingerprint density at radius 3 is 2.34 bits per heavy atom. The first-order valence-electron chi connectivity index (χ1n) is 11.2. The molecule has 2 N–H and O–H groups in total. The second-order valence-electron chi connectivity index (χ2n) is 10.1. The quantitative estimate of drug-likeness (QED) is 0.460. The van der Waals surface area contributed by atoms with Gasteiger partial charge in [-0.15, -0.1) is 11.3 Å². The van der Waals surface area contributed by atoms with Crippen LogP contribution < -0.4 is 10.6 Å². The number of thiophene rings is 1. The lowest BCUT2D eigenvalue weighted by atomic mass is 9.80. The lowest BCUT2D eigenvalue weighted by Crippen LogP contribution is -2.60. The number of nitrogens with one attached hydrogen (secondary N) is 2. The van der Waals surface area contributed by atoms with Crippen LogP contribution in [0.1, 0.15) is 58.9 Å². The molecule has 1 atom stereocenters. The highest BCUT2D eigenvalue weighted by Crippen LogP contribution is 2.35. The smallest absolute Gasteiger partial charge is 0.223 e. The van der Waals surface area contributed by atoms with E-state index in [0.717, 1.165) is 40.8 Å². The number of aldehydes is 1. The molecule has 0 spiro atoms. The van der Waals surface area contributed by atoms with Gasteiger partial charge >= 0.3 is 0 Å². The van der Waals surface area contributed by atoms with Crippen molar-refractivity contribution in [1.29, 1.82) is 0 Å². The Labute approximate surface area is 194 Å². The van der Waals surface area contributed by atoms with Gasteiger partial charge in [-0.1, -0.05) is 31.2 Å². The summed E-state index contributed by atoms with van der Waals surface area (Å²) in [5.41, 5.74) is 3.25. The molecule has 168 valence electrons. The highest BCUT2D eigenvalue weighted by atomic mass is 32.1. The molecule has 0 amide bonds. The van der Waals surface area contributed by atoms with Crippen LogP contribution >= 0.6 is 11.3 Å². The van der Waals surface area contributed by atoms with Crippen molar-refractivity contribution in [2.45, 2.75) is 70.5 Å². The summed E-state index contributed by atoms with van der Waals surface area (Å²) in [7, 11) is 0. The van der Waals surface area contributed by atoms with Crippen molar-refractivity contribution in [3.05, 3.63) is 54.2 Å². The van der Waals surface area contributed by atoms with Crippen LogP contribution in [0.5, 0.6) is 0 Å². The average molecular weight is 449 g/mol. The zero-order valence-electron chi connectivity index (χ0n) is 19.5. The zero-order valence-corrected chi connectivity index (χ0v) is 20.3. The average Bonchev–Trinajstić information content (AvgIpc) is 3.21. The molecule has 1 aliphatic rings. The molecule has 0 bridgehead atoms. The predicted octanol–water partition coefficient (Wildman–Crippen LogP) is 5.90. The van der Waals surface area contributed by atoms with E-state index in [2.05, 4.69) is 67.6 Å². The second kappa shape index (κ2) is 8.75. The molecule has 4 rings (SSSR count). The minimum atomic E-state index is -0.0778. The Morgan fingerprint density at radius 2 is 1.69 bits per heavy atom. The molecule has 1 saturated heterocycles. The van der Waals surface area contributed by atoms with Gasteiger partial charge in [0.1, 0.15) is 6.29 Å². The Kier molecular flexibility index (Phi) is 6.19. The molecule has 0 radical (unpaired) electrons. The highest BCUT2D eigenvalue weighted by Gasteiger charge is 2.37. The number of nitrogens with zero attached hydrogens (tertiary/aromatic N) is 2. The molecule has 1 aromatic carbocycles. The van der Waals surface area contributed by atoms with E-state index in [4.69, 9.17) is 4.98 Å². The first-order valence-corrected chi connectivity index (χ1v) is 12.0. The van der Waals surface area contributed by atoms with E-state index in [9.17, 15) is 4.79 Å². The van der Waals surface area contributed by atoms with Crippen molar-refractivity contribution < 1.29 is 4.79 Å². The molecular formula is C26H32N4OS. The Balaban J connectivity index is 1.51. The molecule has 32 heavy (non-hydrogen) atoms. The molecule has 3 heterocycles. The molecule has 3 aromatic rings. The minimum Gasteiger partial charge on any atom is -0.351 e. The Morgan fingerprint density at radius 1 is 1.03 bits per heavy atom. The normalized spacial score (nSPS) is 18.8. The van der Waals surface area contributed by atoms with Gasteiger partial charge < -0.3 is 15.4 Å². The van der Waals surface area contributed by atoms with Crippen LogP contribution in [0.2, 0.25) is 0 Å². The maximum absolute atomic E-state index is 11.0. The largest absolute Gasteiger partial charge is 0.351 e. The van der Waals surface area contributed by atoms with Crippen LogP contribution in [-0.2, 0) is 4.79 Å². The number of carbonyl (C=O) groups is 1. The summed E-state index contributed by atoms with van der Waals surface area (Å²) in [6.07, 6.45) is 4.85. The molecule has 5 nitrogen and oxygen atoms in total. The van der Waals surface area contributed by atoms with Crippen molar-refractivity contribution in [2.75, 3.05) is 5.32 Å². The van der Waals surface area contributed by atoms with Crippen LogP contribution in [0.15, 0.2) is 48.7 Å². The number of hydrogen-bond donors (Lipinski definition) is 2. The van der Waals surface area contributed by atoms with Crippen LogP contribution in [-0.4, -0.2) is 33.4 Å². The van der Waals surface area contributed by atoms with E-state index in [1.54, 1.807) is 11.3 Å². The number of benzene rings is 1. The fraction of sp³-hybridized carbons (Fsp3) is 0.423. The lowest BCUT2D eigenvalue weighted by Gasteiger charge is -2.46. The fourth-order valence-electron chi connectivity index (χ4n) is 4.83. The number of hydrogen-bond acceptors (Lipinski definition) is 6. The third-order valence-electron chi connectivity index (χ3n) is 5.96. The Bertz CT molecular complexity index is 1070. The molecular weight excluding hydrogens is 416 g/mol. The predicted molar refractivity (Wildman–Crippen MR) is 133 cm³/mol. The number of piperidine rings is 1. The van der Waals surface area contributed by atoms with Crippen LogP contribution in [0.4, 0.5) is 5.95 Å². The summed E-state index contributed by atoms with van der Waals surface area (Å²) >= 11 is 1.72. The number of rotatable bonds is 6. The summed E-state index contributed by atoms with van der Waals surface area (Å²) < 4.78 is 0. The summed E-state index contributed by atoms with van der Waals surface area (Å²) in [6.45, 7) is 10.9. The first-order chi connectivity index (χ1) is 15.1. The topological polar surface area (TPSA) is 66.9 Å². The molecule has 1 aliphatic heterocycles. The second-order valence-corrected chi connectivity index (χ2v) is 11.2. The fourth-order valence-corrected chi connectivity index (χ4v) is 5.81. The molecule has 0 aliphatic carbocycles. The third kappa shape index (κ3) is 5.25. The van der Waals surface area contributed by atoms with Crippen molar-refractivity contribution >= 4 is 23.6 Å². The number of anilines is 1. The molecule has 1 fully saturated rings. The maximum atomic E-state index is 11.0. The van der Waals surface area contributed by atoms with Gasteiger partial charge in [-0.3, -0.25) is 0 Å². The van der Waals surface area contributed by atoms with Gasteiger partial charge in [0.15, 0.2) is 0 Å². The molecule has 6 heteroatoms. The van der Waals surface area contributed by atoms with Crippen molar-refractivity contribution in [2.24, 2.45) is 0 Å². The van der Waals surface area contributed by atoms with Crippen molar-refractivity contribution in [3.63, 3.8) is 0 Å². The third-order valence-corrected chi connectivity index (χ3v) is 7.12. The van der Waals surface area contributed by atoms with Gasteiger partial charge in [0.05, 0.1) is 10.6 Å². The maximum Gasteiger partial charge on any atom is 0.223 e. The highest BCUT2D eigenvalue weighted by molar-refractivity contribution is 7.18. The SMILES string of the molecule is CC(C=O)c1ccc(-c2ccc(-c3ccnc(NC4CC(C)(C)NC(C)(C)C4)n3)s2)cc1. The summed E-state index contributed by atoms with van der Waals surface area (Å²) in [4.78, 5) is 22.6. The van der Waals surface area contributed by atoms with Gasteiger partial charge in [0, 0.05) is 34.1 Å². The van der Waals surface area contributed by atoms with Crippen molar-refractivity contribution in [1.82, 2.24) is 15.3 Å². The minimum absolute atomic E-state index is 0.0682. The van der Waals surface area contributed by atoms with E-state index in [1.807, 2.05) is 31.3 Å². The van der Waals surface area contributed by atoms with Crippen LogP contribution in [0.25, 0.3) is 21.0 Å². The molecule has 2 aromatic heterocycles. The first kappa shape index (κ1) is 22.6. The van der Waals surface area contributed by atoms with Gasteiger partial charge in [0.2, 0.25) is 5.95 Å². The van der Waals surface area contributed by atoms with E-state index in [1.165, 1.54) is 4.88 Å². The monoisotopic (exact) mass is 448 g/mol. The van der Waals surface area contributed by atoms with E-state index >= 15 is 0 Å². The van der Waals surface area contributed by atoms with E-state index in [-0.39, 0.29) is 17.0 Å². The van der Waals surface area contributed by atoms with Crippen LogP contribution in [0, 0.1) is 0 Å². The number of aromatic nitrogens is 2. The van der Waals surface area contributed by atoms with Gasteiger partial charge in [-0.25, -0.2) is 9.97 Å². The van der Waals surface area contributed by atoms with Crippen molar-refractivity contribution in [3.8, 4) is 21.0 Å². The van der Waals surface area contributed by atoms with E-state index in [0.29, 0.717) is 12.0 Å². The van der Waals surface area contributed by atoms with Crippen LogP contribution in [0.3, 0.4) is 0 Å². The van der Waals surface area contributed by atoms with Gasteiger partial charge in [-0.2, -0.15) is 0 Å². The number of carbonyl (C=O) groups excluding carboxylic acids is 1. The Hall–Kier alpha value is -2.57. The standard InChI is InChI=1S/C26H32N4OS/c1-17(16-31)18-6-8-19(9-7-18)22-10-11-23(32-22)21-12-13-27-24(29-21)28-20-14-25(2,3)30-26(4,5)15-20/h6-13,16-17,20,30H,14-15H2,1-5H3,(H,27,28,29). The summed E-state index contributed by atoms with van der Waals surface area (Å²) in [5.74, 6) is 0.606. The molecule has 1 unspecified atom stereocenters. The van der Waals surface area contributed by atoms with Gasteiger partial charge in [0.25, 0.3) is 0 Å².